The number of amides is 2. The van der Waals surface area contributed by atoms with Crippen molar-refractivity contribution in [3.05, 3.63) is 105 Å². The molecule has 1 aliphatic heterocycles. The zero-order valence-electron chi connectivity index (χ0n) is 20.6. The lowest BCUT2D eigenvalue weighted by molar-refractivity contribution is -0.137. The van der Waals surface area contributed by atoms with E-state index in [1.807, 2.05) is 0 Å². The summed E-state index contributed by atoms with van der Waals surface area (Å²) in [5.74, 6) is -3.73. The molecule has 0 saturated carbocycles. The quantitative estimate of drug-likeness (QED) is 0.255. The zero-order valence-corrected chi connectivity index (χ0v) is 21.4. The third-order valence-corrected chi connectivity index (χ3v) is 6.32. The van der Waals surface area contributed by atoms with Crippen molar-refractivity contribution in [2.45, 2.75) is 12.2 Å². The number of carbonyl (C=O) groups is 2. The average molecular weight is 591 g/mol. The fourth-order valence-electron chi connectivity index (χ4n) is 4.22. The highest BCUT2D eigenvalue weighted by atomic mass is 35.5. The lowest BCUT2D eigenvalue weighted by Crippen LogP contribution is -2.21. The molecule has 2 heterocycles. The Hall–Kier alpha value is -4.78. The fraction of sp³-hybridized carbons (Fsp3) is 0.111. The number of aromatic nitrogens is 2. The lowest BCUT2D eigenvalue weighted by Gasteiger charge is -2.19. The normalized spacial score (nSPS) is 14.3. The summed E-state index contributed by atoms with van der Waals surface area (Å²) in [6, 6.07) is 7.73. The predicted molar refractivity (Wildman–Crippen MR) is 135 cm³/mol. The summed E-state index contributed by atoms with van der Waals surface area (Å²) in [5, 5.41) is 5.17. The number of rotatable bonds is 6. The van der Waals surface area contributed by atoms with Crippen LogP contribution in [0.5, 0.6) is 17.6 Å². The molecule has 1 unspecified atom stereocenters. The Morgan fingerprint density at radius 1 is 1.05 bits per heavy atom. The Balaban J connectivity index is 1.62. The van der Waals surface area contributed by atoms with E-state index in [0.29, 0.717) is 12.1 Å². The highest BCUT2D eigenvalue weighted by Crippen LogP contribution is 2.42. The van der Waals surface area contributed by atoms with Gasteiger partial charge < -0.3 is 20.1 Å². The molecule has 0 spiro atoms. The first-order chi connectivity index (χ1) is 19.4. The van der Waals surface area contributed by atoms with Crippen LogP contribution in [0.25, 0.3) is 0 Å². The number of hydrogen-bond donors (Lipinski definition) is 2. The molecule has 0 fully saturated rings. The highest BCUT2D eigenvalue weighted by Gasteiger charge is 2.36. The summed E-state index contributed by atoms with van der Waals surface area (Å²) in [6.07, 6.45) is -3.58. The standard InChI is InChI=1S/C27H16ClF5N4O4/c1-40-26-34-5-4-21(36-26)41-16-10-18-22(23(37-25(18)39)17-9-14(29)2-3-19(17)28)20(11-16)35-24(38)12-6-13(27(31,32)33)8-15(30)7-12/h2-11,23H,1H3,(H,35,38)(H,37,39). The van der Waals surface area contributed by atoms with Crippen LogP contribution in [0.1, 0.15) is 43.4 Å². The summed E-state index contributed by atoms with van der Waals surface area (Å²) in [4.78, 5) is 34.0. The Morgan fingerprint density at radius 3 is 2.56 bits per heavy atom. The summed E-state index contributed by atoms with van der Waals surface area (Å²) < 4.78 is 78.6. The van der Waals surface area contributed by atoms with E-state index in [2.05, 4.69) is 20.6 Å². The average Bonchev–Trinajstić information content (AvgIpc) is 3.25. The van der Waals surface area contributed by atoms with E-state index < -0.39 is 46.8 Å². The zero-order chi connectivity index (χ0) is 29.5. The molecule has 0 aliphatic carbocycles. The minimum absolute atomic E-state index is 0.00263. The van der Waals surface area contributed by atoms with Crippen LogP contribution in [0.4, 0.5) is 27.6 Å². The topological polar surface area (TPSA) is 102 Å². The van der Waals surface area contributed by atoms with Gasteiger partial charge in [-0.25, -0.2) is 13.8 Å². The number of benzene rings is 3. The van der Waals surface area contributed by atoms with E-state index >= 15 is 0 Å². The van der Waals surface area contributed by atoms with Crippen LogP contribution in [-0.2, 0) is 6.18 Å². The molecule has 2 N–H and O–H groups in total. The van der Waals surface area contributed by atoms with E-state index in [1.54, 1.807) is 0 Å². The number of ether oxygens (including phenoxy) is 2. The van der Waals surface area contributed by atoms with Crippen molar-refractivity contribution < 1.29 is 41.0 Å². The number of halogens is 6. The van der Waals surface area contributed by atoms with Gasteiger partial charge in [0.2, 0.25) is 5.88 Å². The fourth-order valence-corrected chi connectivity index (χ4v) is 4.44. The number of carbonyl (C=O) groups excluding carboxylic acids is 2. The van der Waals surface area contributed by atoms with E-state index in [1.165, 1.54) is 37.6 Å². The Labute approximate surface area is 233 Å². The van der Waals surface area contributed by atoms with Gasteiger partial charge in [-0.2, -0.15) is 18.2 Å². The maximum atomic E-state index is 14.1. The minimum Gasteiger partial charge on any atom is -0.467 e. The predicted octanol–water partition coefficient (Wildman–Crippen LogP) is 6.31. The molecule has 14 heteroatoms. The molecule has 2 amide bonds. The molecule has 0 bridgehead atoms. The molecular weight excluding hydrogens is 575 g/mol. The first-order valence-electron chi connectivity index (χ1n) is 11.6. The molecule has 5 rings (SSSR count). The largest absolute Gasteiger partial charge is 0.467 e. The number of anilines is 1. The first kappa shape index (κ1) is 27.8. The smallest absolute Gasteiger partial charge is 0.416 e. The van der Waals surface area contributed by atoms with Crippen LogP contribution in [0.2, 0.25) is 5.02 Å². The molecule has 41 heavy (non-hydrogen) atoms. The molecule has 210 valence electrons. The van der Waals surface area contributed by atoms with E-state index in [4.69, 9.17) is 21.1 Å². The second-order valence-electron chi connectivity index (χ2n) is 8.67. The Kier molecular flexibility index (Phi) is 7.22. The summed E-state index contributed by atoms with van der Waals surface area (Å²) in [6.45, 7) is 0. The van der Waals surface area contributed by atoms with Crippen LogP contribution in [0.3, 0.4) is 0 Å². The van der Waals surface area contributed by atoms with Gasteiger partial charge in [0.25, 0.3) is 11.8 Å². The van der Waals surface area contributed by atoms with E-state index in [-0.39, 0.29) is 51.1 Å². The first-order valence-corrected chi connectivity index (χ1v) is 12.0. The van der Waals surface area contributed by atoms with Crippen molar-refractivity contribution in [2.75, 3.05) is 12.4 Å². The van der Waals surface area contributed by atoms with Crippen LogP contribution in [0.15, 0.2) is 60.8 Å². The van der Waals surface area contributed by atoms with Gasteiger partial charge in [-0.3, -0.25) is 9.59 Å². The molecule has 0 radical (unpaired) electrons. The van der Waals surface area contributed by atoms with Gasteiger partial charge >= 0.3 is 12.2 Å². The maximum absolute atomic E-state index is 14.1. The van der Waals surface area contributed by atoms with Crippen LogP contribution in [0, 0.1) is 11.6 Å². The SMILES string of the molecule is COc1nccc(Oc2cc(NC(=O)c3cc(F)cc(C(F)(F)F)c3)c3c(c2)C(=O)NC3c2cc(F)ccc2Cl)n1. The second kappa shape index (κ2) is 10.7. The Morgan fingerprint density at radius 2 is 1.83 bits per heavy atom. The molecule has 1 atom stereocenters. The number of hydrogen-bond acceptors (Lipinski definition) is 6. The summed E-state index contributed by atoms with van der Waals surface area (Å²) >= 11 is 6.28. The molecular formula is C27H16ClF5N4O4. The van der Waals surface area contributed by atoms with E-state index in [9.17, 15) is 31.5 Å². The third-order valence-electron chi connectivity index (χ3n) is 5.98. The van der Waals surface area contributed by atoms with Crippen molar-refractivity contribution in [1.82, 2.24) is 15.3 Å². The van der Waals surface area contributed by atoms with Gasteiger partial charge in [-0.1, -0.05) is 11.6 Å². The molecule has 3 aromatic carbocycles. The molecule has 4 aromatic rings. The van der Waals surface area contributed by atoms with Crippen molar-refractivity contribution >= 4 is 29.1 Å². The van der Waals surface area contributed by atoms with Crippen LogP contribution < -0.4 is 20.1 Å². The molecule has 0 saturated heterocycles. The highest BCUT2D eigenvalue weighted by molar-refractivity contribution is 6.31. The number of alkyl halides is 3. The molecule has 1 aromatic heterocycles. The monoisotopic (exact) mass is 590 g/mol. The van der Waals surface area contributed by atoms with Crippen molar-refractivity contribution in [2.24, 2.45) is 0 Å². The van der Waals surface area contributed by atoms with Crippen LogP contribution in [-0.4, -0.2) is 28.9 Å². The third kappa shape index (κ3) is 5.75. The lowest BCUT2D eigenvalue weighted by atomic mass is 9.95. The van der Waals surface area contributed by atoms with Crippen LogP contribution >= 0.6 is 11.6 Å². The van der Waals surface area contributed by atoms with Gasteiger partial charge in [0.05, 0.1) is 30.0 Å². The van der Waals surface area contributed by atoms with Gasteiger partial charge in [0.15, 0.2) is 0 Å². The minimum atomic E-state index is -4.92. The summed E-state index contributed by atoms with van der Waals surface area (Å²) in [7, 11) is 1.33. The van der Waals surface area contributed by atoms with Crippen molar-refractivity contribution in [3.63, 3.8) is 0 Å². The second-order valence-corrected chi connectivity index (χ2v) is 9.08. The number of fused-ring (bicyclic) bond motifs is 1. The number of nitrogens with one attached hydrogen (secondary N) is 2. The molecule has 1 aliphatic rings. The summed E-state index contributed by atoms with van der Waals surface area (Å²) in [5.41, 5.74) is -1.87. The number of nitrogens with zero attached hydrogens (tertiary/aromatic N) is 2. The maximum Gasteiger partial charge on any atom is 0.416 e. The molecule has 8 nitrogen and oxygen atoms in total. The number of methoxy groups -OCH3 is 1. The van der Waals surface area contributed by atoms with Crippen molar-refractivity contribution in [1.29, 1.82) is 0 Å². The van der Waals surface area contributed by atoms with E-state index in [0.717, 1.165) is 12.1 Å². The van der Waals surface area contributed by atoms with Gasteiger partial charge in [-0.05, 0) is 42.5 Å². The van der Waals surface area contributed by atoms with Gasteiger partial charge in [-0.15, -0.1) is 0 Å². The van der Waals surface area contributed by atoms with Gasteiger partial charge in [0, 0.05) is 40.0 Å². The van der Waals surface area contributed by atoms with Crippen molar-refractivity contribution in [3.8, 4) is 17.6 Å². The van der Waals surface area contributed by atoms with Gasteiger partial charge in [0.1, 0.15) is 17.4 Å². The Bertz CT molecular complexity index is 1700.